The van der Waals surface area contributed by atoms with E-state index >= 15 is 0 Å². The van der Waals surface area contributed by atoms with Crippen molar-refractivity contribution in [1.82, 2.24) is 5.43 Å². The summed E-state index contributed by atoms with van der Waals surface area (Å²) in [6, 6.07) is 4.79. The summed E-state index contributed by atoms with van der Waals surface area (Å²) in [5.74, 6) is 6.08. The van der Waals surface area contributed by atoms with Crippen molar-refractivity contribution < 1.29 is 4.39 Å². The van der Waals surface area contributed by atoms with Gasteiger partial charge in [0.05, 0.1) is 0 Å². The molecular formula is C13H20ClFN2S. The summed E-state index contributed by atoms with van der Waals surface area (Å²) in [6.07, 6.45) is 0.558. The van der Waals surface area contributed by atoms with E-state index in [-0.39, 0.29) is 16.6 Å². The van der Waals surface area contributed by atoms with Crippen molar-refractivity contribution >= 4 is 23.4 Å². The number of benzene rings is 1. The Morgan fingerprint density at radius 2 is 2.11 bits per heavy atom. The Hall–Kier alpha value is -0.290. The lowest BCUT2D eigenvalue weighted by Crippen LogP contribution is -2.39. The second-order valence-electron chi connectivity index (χ2n) is 5.23. The molecule has 0 amide bonds. The molecule has 1 aromatic carbocycles. The number of hydrazine groups is 1. The van der Waals surface area contributed by atoms with E-state index in [1.165, 1.54) is 6.07 Å². The van der Waals surface area contributed by atoms with Gasteiger partial charge in [-0.25, -0.2) is 4.39 Å². The van der Waals surface area contributed by atoms with Gasteiger partial charge >= 0.3 is 0 Å². The number of nitrogens with two attached hydrogens (primary N) is 1. The van der Waals surface area contributed by atoms with E-state index in [0.29, 0.717) is 17.0 Å². The molecule has 5 heteroatoms. The molecule has 3 N–H and O–H groups in total. The fourth-order valence-corrected chi connectivity index (χ4v) is 2.54. The Morgan fingerprint density at radius 3 is 2.61 bits per heavy atom. The molecule has 18 heavy (non-hydrogen) atoms. The quantitative estimate of drug-likeness (QED) is 0.645. The number of nitrogens with one attached hydrogen (secondary N) is 1. The molecule has 0 fully saturated rings. The van der Waals surface area contributed by atoms with Crippen LogP contribution in [-0.2, 0) is 6.42 Å². The molecule has 0 saturated heterocycles. The van der Waals surface area contributed by atoms with Gasteiger partial charge in [-0.2, -0.15) is 11.8 Å². The molecule has 0 aromatic heterocycles. The number of rotatable bonds is 5. The van der Waals surface area contributed by atoms with Crippen LogP contribution >= 0.6 is 23.4 Å². The molecule has 1 rings (SSSR count). The third kappa shape index (κ3) is 5.57. The van der Waals surface area contributed by atoms with Crippen LogP contribution in [0.2, 0.25) is 5.02 Å². The molecule has 1 aromatic rings. The smallest absolute Gasteiger partial charge is 0.127 e. The van der Waals surface area contributed by atoms with Crippen LogP contribution in [0.3, 0.4) is 0 Å². The lowest BCUT2D eigenvalue weighted by Gasteiger charge is -2.22. The minimum absolute atomic E-state index is 0.0462. The highest BCUT2D eigenvalue weighted by Crippen LogP contribution is 2.25. The maximum absolute atomic E-state index is 13.7. The molecule has 0 spiro atoms. The fraction of sp³-hybridized carbons (Fsp3) is 0.538. The maximum Gasteiger partial charge on any atom is 0.127 e. The Kier molecular flexibility index (Phi) is 5.92. The van der Waals surface area contributed by atoms with Crippen molar-refractivity contribution in [2.45, 2.75) is 38.0 Å². The van der Waals surface area contributed by atoms with E-state index in [1.807, 2.05) is 0 Å². The van der Waals surface area contributed by atoms with Crippen molar-refractivity contribution in [2.75, 3.05) is 5.75 Å². The third-order valence-corrected chi connectivity index (χ3v) is 4.10. The SMILES string of the molecule is CC(C)(C)SCC(Cc1ccc(Cl)cc1F)NN. The van der Waals surface area contributed by atoms with Gasteiger partial charge in [0.2, 0.25) is 0 Å². The minimum atomic E-state index is -0.275. The van der Waals surface area contributed by atoms with Crippen LogP contribution in [0.25, 0.3) is 0 Å². The van der Waals surface area contributed by atoms with Gasteiger partial charge < -0.3 is 0 Å². The van der Waals surface area contributed by atoms with Crippen LogP contribution in [0.4, 0.5) is 4.39 Å². The third-order valence-electron chi connectivity index (χ3n) is 2.43. The highest BCUT2D eigenvalue weighted by molar-refractivity contribution is 8.00. The summed E-state index contributed by atoms with van der Waals surface area (Å²) >= 11 is 7.53. The zero-order chi connectivity index (χ0) is 13.8. The number of halogens is 2. The van der Waals surface area contributed by atoms with Crippen molar-refractivity contribution in [2.24, 2.45) is 5.84 Å². The standard InChI is InChI=1S/C13H20ClFN2S/c1-13(2,3)18-8-11(17-16)6-9-4-5-10(14)7-12(9)15/h4-5,7,11,17H,6,8,16H2,1-3H3. The maximum atomic E-state index is 13.7. The molecule has 0 aliphatic rings. The van der Waals surface area contributed by atoms with Crippen LogP contribution in [0.5, 0.6) is 0 Å². The number of thioether (sulfide) groups is 1. The first kappa shape index (κ1) is 15.8. The Balaban J connectivity index is 2.62. The summed E-state index contributed by atoms with van der Waals surface area (Å²) in [6.45, 7) is 6.44. The molecule has 0 heterocycles. The predicted octanol–water partition coefficient (Wildman–Crippen LogP) is 3.39. The van der Waals surface area contributed by atoms with Crippen LogP contribution < -0.4 is 11.3 Å². The van der Waals surface area contributed by atoms with E-state index < -0.39 is 0 Å². The molecule has 1 atom stereocenters. The van der Waals surface area contributed by atoms with Gasteiger partial charge in [0.15, 0.2) is 0 Å². The Bertz CT molecular complexity index is 393. The lowest BCUT2D eigenvalue weighted by atomic mass is 10.1. The summed E-state index contributed by atoms with van der Waals surface area (Å²) in [5, 5.41) is 0.414. The predicted molar refractivity (Wildman–Crippen MR) is 78.4 cm³/mol. The van der Waals surface area contributed by atoms with Crippen molar-refractivity contribution in [3.05, 3.63) is 34.6 Å². The normalized spacial score (nSPS) is 13.7. The van der Waals surface area contributed by atoms with Crippen molar-refractivity contribution in [3.63, 3.8) is 0 Å². The van der Waals surface area contributed by atoms with Gasteiger partial charge in [-0.1, -0.05) is 38.4 Å². The first-order valence-corrected chi connectivity index (χ1v) is 7.22. The fourth-order valence-electron chi connectivity index (χ4n) is 1.47. The molecule has 102 valence electrons. The number of hydrogen-bond acceptors (Lipinski definition) is 3. The van der Waals surface area contributed by atoms with Gasteiger partial charge in [-0.3, -0.25) is 11.3 Å². The summed E-state index contributed by atoms with van der Waals surface area (Å²) in [7, 11) is 0. The zero-order valence-electron chi connectivity index (χ0n) is 11.0. The van der Waals surface area contributed by atoms with Crippen LogP contribution in [-0.4, -0.2) is 16.5 Å². The topological polar surface area (TPSA) is 38.0 Å². The summed E-state index contributed by atoms with van der Waals surface area (Å²) in [5.41, 5.74) is 3.38. The van der Waals surface area contributed by atoms with E-state index in [1.54, 1.807) is 23.9 Å². The van der Waals surface area contributed by atoms with Crippen molar-refractivity contribution in [3.8, 4) is 0 Å². The molecule has 0 bridgehead atoms. The Morgan fingerprint density at radius 1 is 1.44 bits per heavy atom. The van der Waals surface area contributed by atoms with E-state index in [9.17, 15) is 4.39 Å². The van der Waals surface area contributed by atoms with Crippen molar-refractivity contribution in [1.29, 1.82) is 0 Å². The molecule has 1 unspecified atom stereocenters. The Labute approximate surface area is 117 Å². The lowest BCUT2D eigenvalue weighted by molar-refractivity contribution is 0.545. The average molecular weight is 291 g/mol. The molecule has 2 nitrogen and oxygen atoms in total. The van der Waals surface area contributed by atoms with Gasteiger partial charge in [0, 0.05) is 21.6 Å². The first-order valence-electron chi connectivity index (χ1n) is 5.86. The second-order valence-corrected chi connectivity index (χ2v) is 7.51. The molecule has 0 aliphatic carbocycles. The van der Waals surface area contributed by atoms with Gasteiger partial charge in [0.1, 0.15) is 5.82 Å². The van der Waals surface area contributed by atoms with E-state index in [4.69, 9.17) is 17.4 Å². The van der Waals surface area contributed by atoms with Gasteiger partial charge in [0.25, 0.3) is 0 Å². The minimum Gasteiger partial charge on any atom is -0.271 e. The molecule has 0 saturated carbocycles. The number of hydrogen-bond donors (Lipinski definition) is 2. The average Bonchev–Trinajstić information content (AvgIpc) is 2.25. The van der Waals surface area contributed by atoms with Crippen LogP contribution in [0.1, 0.15) is 26.3 Å². The first-order chi connectivity index (χ1) is 8.31. The molecular weight excluding hydrogens is 271 g/mol. The zero-order valence-corrected chi connectivity index (χ0v) is 12.5. The highest BCUT2D eigenvalue weighted by Gasteiger charge is 2.16. The second kappa shape index (κ2) is 6.75. The monoisotopic (exact) mass is 290 g/mol. The van der Waals surface area contributed by atoms with Crippen LogP contribution in [0, 0.1) is 5.82 Å². The van der Waals surface area contributed by atoms with E-state index in [2.05, 4.69) is 26.2 Å². The molecule has 0 radical (unpaired) electrons. The van der Waals surface area contributed by atoms with Gasteiger partial charge in [-0.15, -0.1) is 0 Å². The summed E-state index contributed by atoms with van der Waals surface area (Å²) in [4.78, 5) is 0. The van der Waals surface area contributed by atoms with Gasteiger partial charge in [-0.05, 0) is 24.1 Å². The largest absolute Gasteiger partial charge is 0.271 e. The molecule has 0 aliphatic heterocycles. The van der Waals surface area contributed by atoms with E-state index in [0.717, 1.165) is 5.75 Å². The van der Waals surface area contributed by atoms with Crippen LogP contribution in [0.15, 0.2) is 18.2 Å². The summed E-state index contributed by atoms with van der Waals surface area (Å²) < 4.78 is 13.8. The highest BCUT2D eigenvalue weighted by atomic mass is 35.5.